The Morgan fingerprint density at radius 3 is 2.00 bits per heavy atom. The van der Waals surface area contributed by atoms with E-state index in [1.165, 1.54) is 6.42 Å². The normalized spacial score (nSPS) is 30.7. The van der Waals surface area contributed by atoms with E-state index in [9.17, 15) is 0 Å². The molecule has 1 saturated heterocycles. The summed E-state index contributed by atoms with van der Waals surface area (Å²) in [6, 6.07) is 0. The van der Waals surface area contributed by atoms with Gasteiger partial charge in [-0.05, 0) is 24.6 Å². The predicted octanol–water partition coefficient (Wildman–Crippen LogP) is 2.39. The minimum atomic E-state index is -1.27. The van der Waals surface area contributed by atoms with E-state index in [2.05, 4.69) is 26.9 Å². The lowest BCUT2D eigenvalue weighted by atomic mass is 10.1. The van der Waals surface area contributed by atoms with Crippen LogP contribution in [0.3, 0.4) is 0 Å². The third kappa shape index (κ3) is 1.06. The Balaban J connectivity index is 2.75. The Kier molecular flexibility index (Phi) is 1.48. The van der Waals surface area contributed by atoms with Crippen molar-refractivity contribution in [3.63, 3.8) is 0 Å². The van der Waals surface area contributed by atoms with Crippen molar-refractivity contribution >= 4 is 8.32 Å². The summed E-state index contributed by atoms with van der Waals surface area (Å²) in [4.78, 5) is 0. The highest BCUT2D eigenvalue weighted by Crippen LogP contribution is 2.45. The second-order valence-corrected chi connectivity index (χ2v) is 8.66. The van der Waals surface area contributed by atoms with Gasteiger partial charge in [-0.25, -0.2) is 0 Å². The zero-order valence-electron chi connectivity index (χ0n) is 6.82. The van der Waals surface area contributed by atoms with Crippen molar-refractivity contribution in [2.45, 2.75) is 38.4 Å². The third-order valence-electron chi connectivity index (χ3n) is 2.82. The van der Waals surface area contributed by atoms with Crippen molar-refractivity contribution in [2.24, 2.45) is 0 Å². The molecule has 1 aliphatic heterocycles. The average Bonchev–Trinajstić information content (AvgIpc) is 1.81. The monoisotopic (exact) mass is 144 g/mol. The summed E-state index contributed by atoms with van der Waals surface area (Å²) in [6.07, 6.45) is 1.26. The van der Waals surface area contributed by atoms with E-state index in [4.69, 9.17) is 4.43 Å². The zero-order valence-corrected chi connectivity index (χ0v) is 7.82. The van der Waals surface area contributed by atoms with Crippen LogP contribution in [-0.4, -0.2) is 14.9 Å². The lowest BCUT2D eigenvalue weighted by Gasteiger charge is -2.29. The minimum absolute atomic E-state index is 0.507. The van der Waals surface area contributed by atoms with E-state index in [0.29, 0.717) is 5.04 Å². The van der Waals surface area contributed by atoms with Gasteiger partial charge in [0.2, 0.25) is 0 Å². The second-order valence-electron chi connectivity index (χ2n) is 3.99. The molecule has 1 nitrogen and oxygen atoms in total. The largest absolute Gasteiger partial charge is 0.417 e. The maximum absolute atomic E-state index is 5.69. The first kappa shape index (κ1) is 7.29. The van der Waals surface area contributed by atoms with E-state index < -0.39 is 8.32 Å². The first-order chi connectivity index (χ1) is 3.96. The van der Waals surface area contributed by atoms with E-state index in [-0.39, 0.29) is 0 Å². The van der Waals surface area contributed by atoms with E-state index in [0.717, 1.165) is 6.61 Å². The number of hydrogen-bond donors (Lipinski definition) is 0. The molecule has 1 heterocycles. The molecule has 0 saturated carbocycles. The highest BCUT2D eigenvalue weighted by molar-refractivity contribution is 6.74. The van der Waals surface area contributed by atoms with Gasteiger partial charge in [-0.3, -0.25) is 0 Å². The molecule has 0 unspecified atom stereocenters. The van der Waals surface area contributed by atoms with Gasteiger partial charge in [0, 0.05) is 6.61 Å². The van der Waals surface area contributed by atoms with Gasteiger partial charge >= 0.3 is 0 Å². The molecule has 1 fully saturated rings. The van der Waals surface area contributed by atoms with Crippen LogP contribution in [0.5, 0.6) is 0 Å². The molecular weight excluding hydrogens is 128 g/mol. The first-order valence-corrected chi connectivity index (χ1v) is 6.50. The number of hydrogen-bond acceptors (Lipinski definition) is 1. The van der Waals surface area contributed by atoms with Gasteiger partial charge in [0.05, 0.1) is 0 Å². The van der Waals surface area contributed by atoms with Crippen molar-refractivity contribution in [2.75, 3.05) is 6.61 Å². The summed E-state index contributed by atoms with van der Waals surface area (Å²) in [5, 5.41) is 0.507. The van der Waals surface area contributed by atoms with Gasteiger partial charge < -0.3 is 4.43 Å². The molecule has 0 aromatic carbocycles. The Morgan fingerprint density at radius 2 is 1.89 bits per heavy atom. The average molecular weight is 144 g/mol. The highest BCUT2D eigenvalue weighted by Gasteiger charge is 2.45. The van der Waals surface area contributed by atoms with E-state index in [1.807, 2.05) is 0 Å². The molecule has 0 bridgehead atoms. The molecule has 0 N–H and O–H groups in total. The predicted molar refractivity (Wildman–Crippen MR) is 42.1 cm³/mol. The SMILES string of the molecule is CC1(C)CCO[Si]1(C)C. The van der Waals surface area contributed by atoms with Crippen LogP contribution in [0.2, 0.25) is 18.1 Å². The molecular formula is C7H16OSi. The fraction of sp³-hybridized carbons (Fsp3) is 1.00. The van der Waals surface area contributed by atoms with Gasteiger partial charge in [-0.15, -0.1) is 0 Å². The Bertz CT molecular complexity index is 104. The first-order valence-electron chi connectivity index (χ1n) is 3.60. The van der Waals surface area contributed by atoms with Crippen LogP contribution in [0.4, 0.5) is 0 Å². The molecule has 54 valence electrons. The van der Waals surface area contributed by atoms with Crippen molar-refractivity contribution in [3.05, 3.63) is 0 Å². The van der Waals surface area contributed by atoms with Crippen molar-refractivity contribution in [3.8, 4) is 0 Å². The summed E-state index contributed by atoms with van der Waals surface area (Å²) in [5.41, 5.74) is 0. The van der Waals surface area contributed by atoms with Crippen LogP contribution in [0.25, 0.3) is 0 Å². The summed E-state index contributed by atoms with van der Waals surface area (Å²) in [5.74, 6) is 0. The molecule has 9 heavy (non-hydrogen) atoms. The smallest absolute Gasteiger partial charge is 0.192 e. The zero-order chi connectivity index (χ0) is 7.12. The molecule has 0 aromatic rings. The maximum atomic E-state index is 5.69. The minimum Gasteiger partial charge on any atom is -0.417 e. The molecule has 1 aliphatic rings. The maximum Gasteiger partial charge on any atom is 0.192 e. The third-order valence-corrected chi connectivity index (χ3v) is 7.26. The van der Waals surface area contributed by atoms with Gasteiger partial charge in [-0.1, -0.05) is 13.8 Å². The lowest BCUT2D eigenvalue weighted by molar-refractivity contribution is 0.350. The van der Waals surface area contributed by atoms with E-state index >= 15 is 0 Å². The molecule has 0 radical (unpaired) electrons. The molecule has 0 atom stereocenters. The standard InChI is InChI=1S/C7H16OSi/c1-7(2)5-6-8-9(7,3)4/h5-6H2,1-4H3. The number of rotatable bonds is 0. The fourth-order valence-corrected chi connectivity index (χ4v) is 2.76. The van der Waals surface area contributed by atoms with Crippen LogP contribution in [0, 0.1) is 0 Å². The van der Waals surface area contributed by atoms with Crippen molar-refractivity contribution < 1.29 is 4.43 Å². The summed E-state index contributed by atoms with van der Waals surface area (Å²) < 4.78 is 5.69. The Hall–Kier alpha value is 0.177. The summed E-state index contributed by atoms with van der Waals surface area (Å²) in [6.45, 7) is 10.3. The van der Waals surface area contributed by atoms with E-state index in [1.54, 1.807) is 0 Å². The summed E-state index contributed by atoms with van der Waals surface area (Å²) >= 11 is 0. The van der Waals surface area contributed by atoms with Crippen molar-refractivity contribution in [1.82, 2.24) is 0 Å². The molecule has 0 amide bonds. The molecule has 0 aliphatic carbocycles. The Morgan fingerprint density at radius 1 is 1.33 bits per heavy atom. The van der Waals surface area contributed by atoms with Gasteiger partial charge in [0.15, 0.2) is 8.32 Å². The highest BCUT2D eigenvalue weighted by atomic mass is 28.4. The molecule has 2 heteroatoms. The Labute approximate surface area is 58.5 Å². The fourth-order valence-electron chi connectivity index (χ4n) is 1.06. The topological polar surface area (TPSA) is 9.23 Å². The van der Waals surface area contributed by atoms with Crippen LogP contribution < -0.4 is 0 Å². The molecule has 0 aromatic heterocycles. The molecule has 1 rings (SSSR count). The van der Waals surface area contributed by atoms with Gasteiger partial charge in [-0.2, -0.15) is 0 Å². The second kappa shape index (κ2) is 1.83. The van der Waals surface area contributed by atoms with Crippen LogP contribution >= 0.6 is 0 Å². The quantitative estimate of drug-likeness (QED) is 0.474. The van der Waals surface area contributed by atoms with Crippen LogP contribution in [-0.2, 0) is 4.43 Å². The molecule has 0 spiro atoms. The van der Waals surface area contributed by atoms with Gasteiger partial charge in [0.25, 0.3) is 0 Å². The van der Waals surface area contributed by atoms with Crippen molar-refractivity contribution in [1.29, 1.82) is 0 Å². The summed E-state index contributed by atoms with van der Waals surface area (Å²) in [7, 11) is -1.27. The van der Waals surface area contributed by atoms with Crippen LogP contribution in [0.15, 0.2) is 0 Å². The van der Waals surface area contributed by atoms with Gasteiger partial charge in [0.1, 0.15) is 0 Å². The van der Waals surface area contributed by atoms with Crippen LogP contribution in [0.1, 0.15) is 20.3 Å². The lowest BCUT2D eigenvalue weighted by Crippen LogP contribution is -2.35.